The summed E-state index contributed by atoms with van der Waals surface area (Å²) in [6.45, 7) is 0. The third-order valence-electron chi connectivity index (χ3n) is 4.48. The molecule has 1 aromatic heterocycles. The molecular formula is C17H17NOS. The molecule has 1 unspecified atom stereocenters. The zero-order valence-corrected chi connectivity index (χ0v) is 12.2. The maximum absolute atomic E-state index is 12.0. The van der Waals surface area contributed by atoms with Crippen LogP contribution in [-0.2, 0) is 19.3 Å². The van der Waals surface area contributed by atoms with Crippen molar-refractivity contribution in [3.8, 4) is 0 Å². The van der Waals surface area contributed by atoms with E-state index in [1.807, 2.05) is 0 Å². The van der Waals surface area contributed by atoms with Gasteiger partial charge in [-0.25, -0.2) is 4.98 Å². The van der Waals surface area contributed by atoms with Gasteiger partial charge >= 0.3 is 0 Å². The predicted octanol–water partition coefficient (Wildman–Crippen LogP) is 3.93. The number of carbonyl (C=O) groups excluding carboxylic acids is 1. The van der Waals surface area contributed by atoms with Crippen LogP contribution in [0, 0.1) is 0 Å². The van der Waals surface area contributed by atoms with E-state index in [1.165, 1.54) is 16.1 Å². The van der Waals surface area contributed by atoms with E-state index in [-0.39, 0.29) is 0 Å². The van der Waals surface area contributed by atoms with E-state index in [0.717, 1.165) is 42.7 Å². The van der Waals surface area contributed by atoms with Gasteiger partial charge in [-0.15, -0.1) is 11.3 Å². The Kier molecular flexibility index (Phi) is 2.95. The van der Waals surface area contributed by atoms with Crippen LogP contribution >= 0.6 is 11.3 Å². The molecule has 0 amide bonds. The molecule has 0 fully saturated rings. The third kappa shape index (κ3) is 2.01. The average Bonchev–Trinajstić information content (AvgIpc) is 2.92. The summed E-state index contributed by atoms with van der Waals surface area (Å²) in [7, 11) is 0. The van der Waals surface area contributed by atoms with Crippen LogP contribution in [0.4, 0.5) is 0 Å². The highest BCUT2D eigenvalue weighted by atomic mass is 32.1. The Hall–Kier alpha value is -1.48. The lowest BCUT2D eigenvalue weighted by molar-refractivity contribution is 0.0976. The highest BCUT2D eigenvalue weighted by Crippen LogP contribution is 2.37. The van der Waals surface area contributed by atoms with E-state index in [1.54, 1.807) is 11.3 Å². The topological polar surface area (TPSA) is 30.0 Å². The lowest BCUT2D eigenvalue weighted by atomic mass is 9.84. The van der Waals surface area contributed by atoms with Gasteiger partial charge in [-0.05, 0) is 43.2 Å². The number of hydrogen-bond acceptors (Lipinski definition) is 3. The first kappa shape index (κ1) is 12.3. The third-order valence-corrected chi connectivity index (χ3v) is 5.78. The van der Waals surface area contributed by atoms with Crippen LogP contribution in [0.3, 0.4) is 0 Å². The highest BCUT2D eigenvalue weighted by Gasteiger charge is 2.27. The summed E-state index contributed by atoms with van der Waals surface area (Å²) in [5.74, 6) is 0.819. The number of ketones is 1. The number of aromatic nitrogens is 1. The molecule has 2 aliphatic carbocycles. The Bertz CT molecular complexity index is 673. The Morgan fingerprint density at radius 3 is 2.80 bits per heavy atom. The Morgan fingerprint density at radius 2 is 1.95 bits per heavy atom. The highest BCUT2D eigenvalue weighted by molar-refractivity contribution is 7.14. The molecule has 20 heavy (non-hydrogen) atoms. The number of rotatable bonds is 1. The summed E-state index contributed by atoms with van der Waals surface area (Å²) in [5.41, 5.74) is 4.02. The second kappa shape index (κ2) is 4.81. The maximum atomic E-state index is 12.0. The van der Waals surface area contributed by atoms with Crippen LogP contribution in [0.1, 0.15) is 56.7 Å². The minimum Gasteiger partial charge on any atom is -0.293 e. The zero-order valence-electron chi connectivity index (χ0n) is 11.4. The predicted molar refractivity (Wildman–Crippen MR) is 80.6 cm³/mol. The SMILES string of the molecule is O=C1CCCc2nc(C3CCc4ccccc4C3)sc21. The Labute approximate surface area is 122 Å². The molecule has 1 atom stereocenters. The van der Waals surface area contributed by atoms with E-state index in [4.69, 9.17) is 4.98 Å². The van der Waals surface area contributed by atoms with Crippen molar-refractivity contribution in [2.45, 2.75) is 44.4 Å². The van der Waals surface area contributed by atoms with Crippen molar-refractivity contribution in [3.63, 3.8) is 0 Å². The van der Waals surface area contributed by atoms with Gasteiger partial charge in [-0.3, -0.25) is 4.79 Å². The minimum absolute atomic E-state index is 0.311. The zero-order chi connectivity index (χ0) is 13.5. The van der Waals surface area contributed by atoms with E-state index in [0.29, 0.717) is 18.1 Å². The number of carbonyl (C=O) groups is 1. The summed E-state index contributed by atoms with van der Waals surface area (Å²) in [4.78, 5) is 17.7. The van der Waals surface area contributed by atoms with Crippen molar-refractivity contribution in [2.24, 2.45) is 0 Å². The summed E-state index contributed by atoms with van der Waals surface area (Å²) in [5, 5.41) is 1.19. The molecular weight excluding hydrogens is 266 g/mol. The fourth-order valence-electron chi connectivity index (χ4n) is 3.37. The molecule has 0 saturated carbocycles. The van der Waals surface area contributed by atoms with Crippen LogP contribution in [0.5, 0.6) is 0 Å². The largest absolute Gasteiger partial charge is 0.293 e. The number of benzene rings is 1. The minimum atomic E-state index is 0.311. The van der Waals surface area contributed by atoms with E-state index in [2.05, 4.69) is 24.3 Å². The molecule has 0 spiro atoms. The van der Waals surface area contributed by atoms with Crippen molar-refractivity contribution in [3.05, 3.63) is 51.0 Å². The summed E-state index contributed by atoms with van der Waals surface area (Å²) >= 11 is 1.66. The van der Waals surface area contributed by atoms with Crippen molar-refractivity contribution in [2.75, 3.05) is 0 Å². The normalized spacial score (nSPS) is 21.4. The molecule has 2 aliphatic rings. The van der Waals surface area contributed by atoms with Gasteiger partial charge in [-0.1, -0.05) is 24.3 Å². The van der Waals surface area contributed by atoms with Gasteiger partial charge in [0.05, 0.1) is 15.6 Å². The molecule has 2 aromatic rings. The number of thiazole rings is 1. The van der Waals surface area contributed by atoms with Gasteiger partial charge in [0, 0.05) is 12.3 Å². The molecule has 0 saturated heterocycles. The van der Waals surface area contributed by atoms with Gasteiger partial charge in [0.1, 0.15) is 0 Å². The summed E-state index contributed by atoms with van der Waals surface area (Å²) in [6, 6.07) is 8.72. The van der Waals surface area contributed by atoms with Crippen molar-refractivity contribution < 1.29 is 4.79 Å². The number of aryl methyl sites for hydroxylation is 2. The number of hydrogen-bond donors (Lipinski definition) is 0. The Balaban J connectivity index is 1.65. The first-order chi connectivity index (χ1) is 9.81. The fourth-order valence-corrected chi connectivity index (χ4v) is 4.58. The molecule has 2 nitrogen and oxygen atoms in total. The van der Waals surface area contributed by atoms with Crippen LogP contribution < -0.4 is 0 Å². The second-order valence-corrected chi connectivity index (χ2v) is 6.84. The number of Topliss-reactive ketones (excluding diaryl/α,β-unsaturated/α-hetero) is 1. The molecule has 0 bridgehead atoms. The molecule has 4 rings (SSSR count). The van der Waals surface area contributed by atoms with Crippen LogP contribution in [0.25, 0.3) is 0 Å². The maximum Gasteiger partial charge on any atom is 0.174 e. The van der Waals surface area contributed by atoms with E-state index >= 15 is 0 Å². The Morgan fingerprint density at radius 1 is 1.10 bits per heavy atom. The molecule has 1 aromatic carbocycles. The lowest BCUT2D eigenvalue weighted by Crippen LogP contribution is -2.12. The van der Waals surface area contributed by atoms with Crippen molar-refractivity contribution in [1.82, 2.24) is 4.98 Å². The smallest absolute Gasteiger partial charge is 0.174 e. The van der Waals surface area contributed by atoms with Gasteiger partial charge < -0.3 is 0 Å². The van der Waals surface area contributed by atoms with Gasteiger partial charge in [0.2, 0.25) is 0 Å². The first-order valence-corrected chi connectivity index (χ1v) is 8.22. The van der Waals surface area contributed by atoms with Crippen LogP contribution in [0.2, 0.25) is 0 Å². The van der Waals surface area contributed by atoms with Gasteiger partial charge in [0.15, 0.2) is 5.78 Å². The van der Waals surface area contributed by atoms with Crippen LogP contribution in [0.15, 0.2) is 24.3 Å². The number of nitrogens with zero attached hydrogens (tertiary/aromatic N) is 1. The monoisotopic (exact) mass is 283 g/mol. The summed E-state index contributed by atoms with van der Waals surface area (Å²) < 4.78 is 0. The number of fused-ring (bicyclic) bond motifs is 2. The van der Waals surface area contributed by atoms with Crippen LogP contribution in [-0.4, -0.2) is 10.8 Å². The first-order valence-electron chi connectivity index (χ1n) is 7.41. The molecule has 0 N–H and O–H groups in total. The van der Waals surface area contributed by atoms with E-state index < -0.39 is 0 Å². The van der Waals surface area contributed by atoms with Crippen molar-refractivity contribution >= 4 is 17.1 Å². The quantitative estimate of drug-likeness (QED) is 0.793. The molecule has 0 radical (unpaired) electrons. The van der Waals surface area contributed by atoms with E-state index in [9.17, 15) is 4.79 Å². The fraction of sp³-hybridized carbons (Fsp3) is 0.412. The average molecular weight is 283 g/mol. The van der Waals surface area contributed by atoms with Crippen molar-refractivity contribution in [1.29, 1.82) is 0 Å². The summed E-state index contributed by atoms with van der Waals surface area (Å²) in [6.07, 6.45) is 6.05. The van der Waals surface area contributed by atoms with Gasteiger partial charge in [0.25, 0.3) is 0 Å². The van der Waals surface area contributed by atoms with Gasteiger partial charge in [-0.2, -0.15) is 0 Å². The second-order valence-electron chi connectivity index (χ2n) is 5.81. The standard InChI is InChI=1S/C17H17NOS/c19-15-7-3-6-14-16(15)20-17(18-14)13-9-8-11-4-1-2-5-12(11)10-13/h1-2,4-5,13H,3,6-10H2. The lowest BCUT2D eigenvalue weighted by Gasteiger charge is -2.22. The molecule has 3 heteroatoms. The molecule has 1 heterocycles. The molecule has 102 valence electrons. The molecule has 0 aliphatic heterocycles.